The van der Waals surface area contributed by atoms with Gasteiger partial charge in [0.15, 0.2) is 0 Å². The van der Waals surface area contributed by atoms with Gasteiger partial charge in [-0.2, -0.15) is 0 Å². The lowest BCUT2D eigenvalue weighted by atomic mass is 9.87. The number of aliphatic hydroxyl groups excluding tert-OH is 1. The van der Waals surface area contributed by atoms with Crippen LogP contribution in [0.15, 0.2) is 12.1 Å². The quantitative estimate of drug-likeness (QED) is 0.871. The van der Waals surface area contributed by atoms with Crippen LogP contribution in [0.25, 0.3) is 0 Å². The number of nitrogens with one attached hydrogen (secondary N) is 1. The second-order valence-corrected chi connectivity index (χ2v) is 6.32. The number of aryl methyl sites for hydroxylation is 2. The molecule has 20 heavy (non-hydrogen) atoms. The van der Waals surface area contributed by atoms with Crippen LogP contribution in [0.3, 0.4) is 0 Å². The van der Waals surface area contributed by atoms with Gasteiger partial charge in [0, 0.05) is 12.1 Å². The van der Waals surface area contributed by atoms with Crippen LogP contribution in [0.2, 0.25) is 0 Å². The van der Waals surface area contributed by atoms with Gasteiger partial charge in [0.05, 0.1) is 6.10 Å². The van der Waals surface area contributed by atoms with Gasteiger partial charge in [-0.3, -0.25) is 4.79 Å². The number of carbonyl (C=O) groups excluding carboxylic acids is 1. The molecule has 1 aromatic rings. The maximum atomic E-state index is 13.5. The van der Waals surface area contributed by atoms with E-state index in [9.17, 15) is 14.3 Å². The highest BCUT2D eigenvalue weighted by Gasteiger charge is 2.21. The number of hydrogen-bond donors (Lipinski definition) is 2. The summed E-state index contributed by atoms with van der Waals surface area (Å²) in [5, 5.41) is 12.3. The average Bonchev–Trinajstić information content (AvgIpc) is 2.31. The number of benzene rings is 1. The van der Waals surface area contributed by atoms with Crippen LogP contribution in [0.1, 0.15) is 48.7 Å². The zero-order valence-electron chi connectivity index (χ0n) is 12.9. The van der Waals surface area contributed by atoms with Crippen molar-refractivity contribution in [2.24, 2.45) is 5.41 Å². The van der Waals surface area contributed by atoms with Crippen LogP contribution < -0.4 is 5.32 Å². The highest BCUT2D eigenvalue weighted by atomic mass is 19.1. The Morgan fingerprint density at radius 2 is 1.85 bits per heavy atom. The molecule has 0 aliphatic rings. The molecular formula is C16H24FNO2. The lowest BCUT2D eigenvalue weighted by Gasteiger charge is -2.26. The van der Waals surface area contributed by atoms with Gasteiger partial charge in [-0.1, -0.05) is 13.8 Å². The van der Waals surface area contributed by atoms with Crippen molar-refractivity contribution in [3.63, 3.8) is 0 Å². The topological polar surface area (TPSA) is 49.3 Å². The summed E-state index contributed by atoms with van der Waals surface area (Å²) < 4.78 is 13.5. The first-order chi connectivity index (χ1) is 9.12. The van der Waals surface area contributed by atoms with Crippen LogP contribution in [-0.2, 0) is 0 Å². The summed E-state index contributed by atoms with van der Waals surface area (Å²) in [5.41, 5.74) is 1.22. The summed E-state index contributed by atoms with van der Waals surface area (Å²) >= 11 is 0. The molecule has 0 saturated heterocycles. The fraction of sp³-hybridized carbons (Fsp3) is 0.562. The third-order valence-corrected chi connectivity index (χ3v) is 3.27. The molecule has 0 saturated carbocycles. The molecular weight excluding hydrogens is 257 g/mol. The van der Waals surface area contributed by atoms with E-state index in [2.05, 4.69) is 5.32 Å². The average molecular weight is 281 g/mol. The molecule has 0 aliphatic heterocycles. The molecule has 0 heterocycles. The van der Waals surface area contributed by atoms with Crippen molar-refractivity contribution in [3.8, 4) is 0 Å². The molecule has 0 radical (unpaired) electrons. The molecule has 0 bridgehead atoms. The van der Waals surface area contributed by atoms with Gasteiger partial charge in [0.25, 0.3) is 5.91 Å². The predicted molar refractivity (Wildman–Crippen MR) is 78.3 cm³/mol. The van der Waals surface area contributed by atoms with E-state index in [4.69, 9.17) is 0 Å². The van der Waals surface area contributed by atoms with Gasteiger partial charge >= 0.3 is 0 Å². The van der Waals surface area contributed by atoms with Crippen molar-refractivity contribution in [3.05, 3.63) is 34.6 Å². The first-order valence-corrected chi connectivity index (χ1v) is 6.85. The van der Waals surface area contributed by atoms with Crippen molar-refractivity contribution in [2.75, 3.05) is 6.54 Å². The van der Waals surface area contributed by atoms with E-state index < -0.39 is 6.10 Å². The molecule has 1 aromatic carbocycles. The molecule has 2 N–H and O–H groups in total. The molecule has 3 nitrogen and oxygen atoms in total. The minimum absolute atomic E-state index is 0.187. The smallest absolute Gasteiger partial charge is 0.251 e. The standard InChI is InChI=1S/C16H24FNO2/c1-10-6-13(7-11(2)14(10)17)15(20)18-9-16(4,5)8-12(3)19/h6-7,12,19H,8-9H2,1-5H3,(H,18,20). The van der Waals surface area contributed by atoms with E-state index in [0.29, 0.717) is 29.7 Å². The Hall–Kier alpha value is -1.42. The largest absolute Gasteiger partial charge is 0.393 e. The molecule has 1 atom stereocenters. The van der Waals surface area contributed by atoms with Crippen molar-refractivity contribution in [1.82, 2.24) is 5.32 Å². The van der Waals surface area contributed by atoms with Crippen molar-refractivity contribution < 1.29 is 14.3 Å². The van der Waals surface area contributed by atoms with Crippen LogP contribution in [-0.4, -0.2) is 23.7 Å². The summed E-state index contributed by atoms with van der Waals surface area (Å²) in [4.78, 5) is 12.1. The molecule has 1 rings (SSSR count). The first kappa shape index (κ1) is 16.6. The maximum absolute atomic E-state index is 13.5. The van der Waals surface area contributed by atoms with Crippen molar-refractivity contribution >= 4 is 5.91 Å². The molecule has 1 unspecified atom stereocenters. The summed E-state index contributed by atoms with van der Waals surface area (Å²) in [6, 6.07) is 3.11. The highest BCUT2D eigenvalue weighted by molar-refractivity contribution is 5.94. The fourth-order valence-corrected chi connectivity index (χ4v) is 2.37. The number of carbonyl (C=O) groups is 1. The van der Waals surface area contributed by atoms with Crippen molar-refractivity contribution in [2.45, 2.75) is 47.1 Å². The highest BCUT2D eigenvalue weighted by Crippen LogP contribution is 2.21. The second kappa shape index (κ2) is 6.35. The Labute approximate surface area is 120 Å². The summed E-state index contributed by atoms with van der Waals surface area (Å²) in [5.74, 6) is -0.481. The van der Waals surface area contributed by atoms with E-state index in [-0.39, 0.29) is 17.1 Å². The number of rotatable bonds is 5. The first-order valence-electron chi connectivity index (χ1n) is 6.85. The van der Waals surface area contributed by atoms with E-state index in [1.54, 1.807) is 32.9 Å². The Kier molecular flexibility index (Phi) is 5.28. The van der Waals surface area contributed by atoms with Crippen LogP contribution in [0.4, 0.5) is 4.39 Å². The monoisotopic (exact) mass is 281 g/mol. The van der Waals surface area contributed by atoms with Crippen LogP contribution in [0, 0.1) is 25.1 Å². The number of hydrogen-bond acceptors (Lipinski definition) is 2. The molecule has 0 aromatic heterocycles. The van der Waals surface area contributed by atoms with Crippen molar-refractivity contribution in [1.29, 1.82) is 0 Å². The second-order valence-electron chi connectivity index (χ2n) is 6.32. The summed E-state index contributed by atoms with van der Waals surface area (Å²) in [6.07, 6.45) is 0.201. The van der Waals surface area contributed by atoms with Gasteiger partial charge in [0.1, 0.15) is 5.82 Å². The Balaban J connectivity index is 2.73. The third-order valence-electron chi connectivity index (χ3n) is 3.27. The van der Waals surface area contributed by atoms with Crippen LogP contribution >= 0.6 is 0 Å². The zero-order chi connectivity index (χ0) is 15.5. The van der Waals surface area contributed by atoms with Gasteiger partial charge in [-0.05, 0) is 55.9 Å². The van der Waals surface area contributed by atoms with Gasteiger partial charge in [0.2, 0.25) is 0 Å². The van der Waals surface area contributed by atoms with Gasteiger partial charge < -0.3 is 10.4 Å². The van der Waals surface area contributed by atoms with E-state index in [1.165, 1.54) is 0 Å². The molecule has 1 amide bonds. The molecule has 4 heteroatoms. The molecule has 0 spiro atoms. The lowest BCUT2D eigenvalue weighted by molar-refractivity contribution is 0.0902. The molecule has 0 fully saturated rings. The van der Waals surface area contributed by atoms with Crippen LogP contribution in [0.5, 0.6) is 0 Å². The van der Waals surface area contributed by atoms with E-state index in [0.717, 1.165) is 0 Å². The summed E-state index contributed by atoms with van der Waals surface area (Å²) in [7, 11) is 0. The number of halogens is 1. The Bertz CT molecular complexity index is 472. The zero-order valence-corrected chi connectivity index (χ0v) is 12.9. The fourth-order valence-electron chi connectivity index (χ4n) is 2.37. The number of amides is 1. The predicted octanol–water partition coefficient (Wildman–Crippen LogP) is 2.97. The normalized spacial score (nSPS) is 13.2. The van der Waals surface area contributed by atoms with Gasteiger partial charge in [-0.25, -0.2) is 4.39 Å². The summed E-state index contributed by atoms with van der Waals surface area (Å²) in [6.45, 7) is 9.47. The van der Waals surface area contributed by atoms with Gasteiger partial charge in [-0.15, -0.1) is 0 Å². The minimum Gasteiger partial charge on any atom is -0.393 e. The SMILES string of the molecule is Cc1cc(C(=O)NCC(C)(C)CC(C)O)cc(C)c1F. The minimum atomic E-state index is -0.405. The maximum Gasteiger partial charge on any atom is 0.251 e. The Morgan fingerprint density at radius 1 is 1.35 bits per heavy atom. The molecule has 0 aliphatic carbocycles. The Morgan fingerprint density at radius 3 is 2.30 bits per heavy atom. The number of aliphatic hydroxyl groups is 1. The molecule has 112 valence electrons. The van der Waals surface area contributed by atoms with E-state index in [1.807, 2.05) is 13.8 Å². The third kappa shape index (κ3) is 4.60. The van der Waals surface area contributed by atoms with E-state index >= 15 is 0 Å². The lowest BCUT2D eigenvalue weighted by Crippen LogP contribution is -2.35.